The number of fused-ring (bicyclic) bond motifs is 1. The van der Waals surface area contributed by atoms with Crippen LogP contribution in [0, 0.1) is 11.3 Å². The molecule has 3 heterocycles. The summed E-state index contributed by atoms with van der Waals surface area (Å²) in [7, 11) is 0. The molecule has 1 N–H and O–H groups in total. The summed E-state index contributed by atoms with van der Waals surface area (Å²) in [5, 5.41) is 4.13. The molecular formula is C27H30N4O2. The number of hydrogen-bond donors (Lipinski definition) is 1. The van der Waals surface area contributed by atoms with Gasteiger partial charge in [-0.2, -0.15) is 0 Å². The Hall–Kier alpha value is -3.25. The van der Waals surface area contributed by atoms with E-state index >= 15 is 0 Å². The third-order valence-electron chi connectivity index (χ3n) is 6.83. The molecule has 170 valence electrons. The van der Waals surface area contributed by atoms with Gasteiger partial charge < -0.3 is 10.2 Å². The molecule has 6 nitrogen and oxygen atoms in total. The Kier molecular flexibility index (Phi) is 5.62. The van der Waals surface area contributed by atoms with Crippen LogP contribution in [-0.4, -0.2) is 58.8 Å². The number of nitrogens with one attached hydrogen (secondary N) is 1. The van der Waals surface area contributed by atoms with E-state index in [9.17, 15) is 9.59 Å². The fourth-order valence-electron chi connectivity index (χ4n) is 5.31. The van der Waals surface area contributed by atoms with E-state index in [1.165, 1.54) is 5.56 Å². The number of likely N-dealkylation sites (tertiary alicyclic amines) is 2. The average Bonchev–Trinajstić information content (AvgIpc) is 3.17. The number of carbonyl (C=O) groups is 2. The molecule has 3 aromatic rings. The fourth-order valence-corrected chi connectivity index (χ4v) is 5.31. The van der Waals surface area contributed by atoms with Crippen LogP contribution in [-0.2, 0) is 11.3 Å². The predicted octanol–water partition coefficient (Wildman–Crippen LogP) is 3.33. The third-order valence-corrected chi connectivity index (χ3v) is 6.83. The van der Waals surface area contributed by atoms with Crippen molar-refractivity contribution < 1.29 is 9.59 Å². The Balaban J connectivity index is 1.33. The first-order valence-electron chi connectivity index (χ1n) is 11.7. The molecule has 0 radical (unpaired) electrons. The van der Waals surface area contributed by atoms with Gasteiger partial charge in [0.15, 0.2) is 0 Å². The Morgan fingerprint density at radius 1 is 1.00 bits per heavy atom. The quantitative estimate of drug-likeness (QED) is 0.658. The molecule has 2 aromatic carbocycles. The molecular weight excluding hydrogens is 412 g/mol. The molecule has 1 atom stereocenters. The van der Waals surface area contributed by atoms with Gasteiger partial charge in [-0.25, -0.2) is 4.98 Å². The lowest BCUT2D eigenvalue weighted by molar-refractivity contribution is -0.131. The molecule has 5 rings (SSSR count). The Morgan fingerprint density at radius 2 is 1.73 bits per heavy atom. The van der Waals surface area contributed by atoms with Crippen LogP contribution in [0.15, 0.2) is 66.7 Å². The zero-order valence-electron chi connectivity index (χ0n) is 19.2. The number of benzene rings is 2. The van der Waals surface area contributed by atoms with E-state index in [1.807, 2.05) is 67.3 Å². The van der Waals surface area contributed by atoms with E-state index < -0.39 is 0 Å². The van der Waals surface area contributed by atoms with Gasteiger partial charge in [-0.3, -0.25) is 14.5 Å². The molecule has 0 saturated carbocycles. The van der Waals surface area contributed by atoms with E-state index in [0.717, 1.165) is 24.0 Å². The molecule has 6 heteroatoms. The smallest absolute Gasteiger partial charge is 0.272 e. The van der Waals surface area contributed by atoms with Gasteiger partial charge in [-0.15, -0.1) is 0 Å². The molecule has 2 aliphatic heterocycles. The van der Waals surface area contributed by atoms with Crippen molar-refractivity contribution >= 4 is 22.7 Å². The lowest BCUT2D eigenvalue weighted by Crippen LogP contribution is -2.64. The second-order valence-electron chi connectivity index (χ2n) is 9.78. The monoisotopic (exact) mass is 442 g/mol. The van der Waals surface area contributed by atoms with E-state index in [4.69, 9.17) is 0 Å². The lowest BCUT2D eigenvalue weighted by atomic mass is 9.71. The fraction of sp³-hybridized carbons (Fsp3) is 0.370. The first-order chi connectivity index (χ1) is 15.9. The predicted molar refractivity (Wildman–Crippen MR) is 129 cm³/mol. The van der Waals surface area contributed by atoms with Gasteiger partial charge >= 0.3 is 0 Å². The van der Waals surface area contributed by atoms with Crippen molar-refractivity contribution in [1.82, 2.24) is 20.1 Å². The number of carbonyl (C=O) groups excluding carboxylic acids is 2. The van der Waals surface area contributed by atoms with Crippen molar-refractivity contribution in [2.24, 2.45) is 11.3 Å². The van der Waals surface area contributed by atoms with Crippen molar-refractivity contribution in [2.75, 3.05) is 26.2 Å². The van der Waals surface area contributed by atoms with Gasteiger partial charge in [0.2, 0.25) is 5.91 Å². The molecule has 2 amide bonds. The van der Waals surface area contributed by atoms with Crippen molar-refractivity contribution in [1.29, 1.82) is 0 Å². The summed E-state index contributed by atoms with van der Waals surface area (Å²) in [5.41, 5.74) is 2.32. The van der Waals surface area contributed by atoms with E-state index in [2.05, 4.69) is 27.3 Å². The minimum Gasteiger partial charge on any atom is -0.354 e. The van der Waals surface area contributed by atoms with Gasteiger partial charge in [-0.05, 0) is 31.5 Å². The van der Waals surface area contributed by atoms with Crippen LogP contribution in [0.2, 0.25) is 0 Å². The average molecular weight is 443 g/mol. The molecule has 2 saturated heterocycles. The molecule has 0 aliphatic carbocycles. The second kappa shape index (κ2) is 8.60. The number of nitrogens with zero attached hydrogens (tertiary/aromatic N) is 3. The van der Waals surface area contributed by atoms with Crippen molar-refractivity contribution in [3.8, 4) is 0 Å². The number of amides is 2. The summed E-state index contributed by atoms with van der Waals surface area (Å²) in [6.45, 7) is 7.49. The number of pyridine rings is 1. The first-order valence-corrected chi connectivity index (χ1v) is 11.7. The Morgan fingerprint density at radius 3 is 2.48 bits per heavy atom. The zero-order chi connectivity index (χ0) is 23.0. The third kappa shape index (κ3) is 4.23. The zero-order valence-corrected chi connectivity index (χ0v) is 19.2. The van der Waals surface area contributed by atoms with Crippen LogP contribution in [0.4, 0.5) is 0 Å². The summed E-state index contributed by atoms with van der Waals surface area (Å²) in [6, 6.07) is 22.0. The Labute approximate surface area is 194 Å². The van der Waals surface area contributed by atoms with Gasteiger partial charge in [0.1, 0.15) is 5.69 Å². The summed E-state index contributed by atoms with van der Waals surface area (Å²) >= 11 is 0. The second-order valence-corrected chi connectivity index (χ2v) is 9.78. The summed E-state index contributed by atoms with van der Waals surface area (Å²) in [6.07, 6.45) is 0. The Bertz CT molecular complexity index is 1170. The minimum absolute atomic E-state index is 0.0593. The number of rotatable bonds is 5. The van der Waals surface area contributed by atoms with Gasteiger partial charge in [0, 0.05) is 49.6 Å². The first kappa shape index (κ1) is 21.6. The molecule has 1 unspecified atom stereocenters. The van der Waals surface area contributed by atoms with Crippen LogP contribution >= 0.6 is 0 Å². The standard InChI is InChI=1S/C27H30N4O2/c1-19(2)28-25(32)22-15-30(14-20-8-4-3-5-9-20)16-27(22)17-31(18-27)26(33)24-13-12-21-10-6-7-11-23(21)29-24/h3-13,19,22H,14-18H2,1-2H3,(H,28,32). The lowest BCUT2D eigenvalue weighted by Gasteiger charge is -2.50. The van der Waals surface area contributed by atoms with Gasteiger partial charge in [0.25, 0.3) is 5.91 Å². The van der Waals surface area contributed by atoms with Gasteiger partial charge in [-0.1, -0.05) is 54.6 Å². The van der Waals surface area contributed by atoms with Crippen molar-refractivity contribution in [3.05, 3.63) is 78.0 Å². The van der Waals surface area contributed by atoms with E-state index in [0.29, 0.717) is 25.3 Å². The van der Waals surface area contributed by atoms with Crippen LogP contribution < -0.4 is 5.32 Å². The molecule has 2 fully saturated rings. The van der Waals surface area contributed by atoms with Crippen molar-refractivity contribution in [3.63, 3.8) is 0 Å². The number of hydrogen-bond acceptors (Lipinski definition) is 4. The van der Waals surface area contributed by atoms with E-state index in [-0.39, 0.29) is 29.2 Å². The number of aromatic nitrogens is 1. The van der Waals surface area contributed by atoms with Gasteiger partial charge in [0.05, 0.1) is 11.4 Å². The highest BCUT2D eigenvalue weighted by Gasteiger charge is 2.57. The SMILES string of the molecule is CC(C)NC(=O)C1CN(Cc2ccccc2)CC12CN(C(=O)c1ccc3ccccc3n1)C2. The maximum atomic E-state index is 13.2. The largest absolute Gasteiger partial charge is 0.354 e. The molecule has 2 aliphatic rings. The molecule has 1 spiro atoms. The normalized spacial score (nSPS) is 19.7. The highest BCUT2D eigenvalue weighted by Crippen LogP contribution is 2.45. The summed E-state index contributed by atoms with van der Waals surface area (Å²) in [4.78, 5) is 35.1. The molecule has 33 heavy (non-hydrogen) atoms. The summed E-state index contributed by atoms with van der Waals surface area (Å²) in [5.74, 6) is -0.0929. The molecule has 1 aromatic heterocycles. The maximum absolute atomic E-state index is 13.2. The highest BCUT2D eigenvalue weighted by molar-refractivity contribution is 5.95. The maximum Gasteiger partial charge on any atom is 0.272 e. The van der Waals surface area contributed by atoms with E-state index in [1.54, 1.807) is 6.07 Å². The molecule has 0 bridgehead atoms. The number of para-hydroxylation sites is 1. The van der Waals surface area contributed by atoms with Crippen LogP contribution in [0.5, 0.6) is 0 Å². The topological polar surface area (TPSA) is 65.5 Å². The summed E-state index contributed by atoms with van der Waals surface area (Å²) < 4.78 is 0. The minimum atomic E-state index is -0.208. The van der Waals surface area contributed by atoms with Crippen molar-refractivity contribution in [2.45, 2.75) is 26.4 Å². The van der Waals surface area contributed by atoms with Crippen LogP contribution in [0.1, 0.15) is 29.9 Å². The highest BCUT2D eigenvalue weighted by atomic mass is 16.2. The van der Waals surface area contributed by atoms with Crippen LogP contribution in [0.3, 0.4) is 0 Å². The van der Waals surface area contributed by atoms with Crippen LogP contribution in [0.25, 0.3) is 10.9 Å².